The van der Waals surface area contributed by atoms with Gasteiger partial charge in [0.2, 0.25) is 0 Å². The Labute approximate surface area is 133 Å². The number of urea groups is 1. The van der Waals surface area contributed by atoms with Crippen LogP contribution < -0.4 is 10.6 Å². The number of rotatable bonds is 5. The predicted octanol–water partition coefficient (Wildman–Crippen LogP) is 2.06. The molecule has 0 fully saturated rings. The van der Waals surface area contributed by atoms with Crippen molar-refractivity contribution in [2.75, 3.05) is 11.9 Å². The van der Waals surface area contributed by atoms with E-state index in [1.807, 2.05) is 13.8 Å². The van der Waals surface area contributed by atoms with Crippen LogP contribution in [0.1, 0.15) is 13.8 Å². The third-order valence-electron chi connectivity index (χ3n) is 3.03. The first-order chi connectivity index (χ1) is 10.5. The van der Waals surface area contributed by atoms with Crippen LogP contribution in [0.4, 0.5) is 10.6 Å². The van der Waals surface area contributed by atoms with Crippen molar-refractivity contribution in [3.8, 4) is 5.82 Å². The van der Waals surface area contributed by atoms with Crippen LogP contribution in [-0.4, -0.2) is 38.6 Å². The number of pyridine rings is 1. The summed E-state index contributed by atoms with van der Waals surface area (Å²) in [5, 5.41) is 19.4. The maximum Gasteiger partial charge on any atom is 0.320 e. The lowest BCUT2D eigenvalue weighted by atomic mass is 10.1. The number of aliphatic hydroxyl groups excluding tert-OH is 1. The standard InChI is InChI=1S/C14H18ClN5O2/c1-9(2)11(21)8-17-14(22)18-12-5-7-20(19-12)13-10(15)4-3-6-16-13/h3-7,9,11,21H,8H2,1-2H3,(H2,17,18,19,22). The van der Waals surface area contributed by atoms with Crippen LogP contribution in [0.2, 0.25) is 5.02 Å². The molecule has 0 radical (unpaired) electrons. The van der Waals surface area contributed by atoms with Crippen molar-refractivity contribution in [2.45, 2.75) is 20.0 Å². The van der Waals surface area contributed by atoms with Gasteiger partial charge in [0, 0.05) is 25.0 Å². The number of aliphatic hydroxyl groups is 1. The molecule has 7 nitrogen and oxygen atoms in total. The number of anilines is 1. The largest absolute Gasteiger partial charge is 0.391 e. The summed E-state index contributed by atoms with van der Waals surface area (Å²) in [5.74, 6) is 0.914. The van der Waals surface area contributed by atoms with Gasteiger partial charge in [-0.25, -0.2) is 14.5 Å². The topological polar surface area (TPSA) is 92.1 Å². The highest BCUT2D eigenvalue weighted by atomic mass is 35.5. The van der Waals surface area contributed by atoms with Gasteiger partial charge in [0.15, 0.2) is 11.6 Å². The fourth-order valence-electron chi connectivity index (χ4n) is 1.65. The van der Waals surface area contributed by atoms with Crippen LogP contribution in [0.3, 0.4) is 0 Å². The summed E-state index contributed by atoms with van der Waals surface area (Å²) in [5.41, 5.74) is 0. The molecule has 1 unspecified atom stereocenters. The number of nitrogens with one attached hydrogen (secondary N) is 2. The van der Waals surface area contributed by atoms with Crippen molar-refractivity contribution >= 4 is 23.4 Å². The van der Waals surface area contributed by atoms with Crippen molar-refractivity contribution in [1.29, 1.82) is 0 Å². The smallest absolute Gasteiger partial charge is 0.320 e. The molecule has 0 aliphatic rings. The SMILES string of the molecule is CC(C)C(O)CNC(=O)Nc1ccn(-c2ncccc2Cl)n1. The van der Waals surface area contributed by atoms with Gasteiger partial charge in [0.05, 0.1) is 11.1 Å². The van der Waals surface area contributed by atoms with Gasteiger partial charge in [-0.2, -0.15) is 0 Å². The lowest BCUT2D eigenvalue weighted by Gasteiger charge is -2.14. The molecule has 2 aromatic rings. The summed E-state index contributed by atoms with van der Waals surface area (Å²) in [6.45, 7) is 3.93. The summed E-state index contributed by atoms with van der Waals surface area (Å²) in [6.07, 6.45) is 2.67. The van der Waals surface area contributed by atoms with E-state index < -0.39 is 12.1 Å². The second-order valence-corrected chi connectivity index (χ2v) is 5.51. The molecule has 8 heteroatoms. The average Bonchev–Trinajstić information content (AvgIpc) is 2.93. The molecule has 0 aliphatic heterocycles. The van der Waals surface area contributed by atoms with Gasteiger partial charge in [-0.3, -0.25) is 5.32 Å². The van der Waals surface area contributed by atoms with E-state index in [0.717, 1.165) is 0 Å². The van der Waals surface area contributed by atoms with Crippen LogP contribution in [0, 0.1) is 5.92 Å². The van der Waals surface area contributed by atoms with Crippen molar-refractivity contribution < 1.29 is 9.90 Å². The van der Waals surface area contributed by atoms with E-state index in [1.54, 1.807) is 30.6 Å². The average molecular weight is 324 g/mol. The molecule has 22 heavy (non-hydrogen) atoms. The number of carbonyl (C=O) groups excluding carboxylic acids is 1. The summed E-state index contributed by atoms with van der Waals surface area (Å²) >= 11 is 6.04. The van der Waals surface area contributed by atoms with Crippen molar-refractivity contribution in [1.82, 2.24) is 20.1 Å². The summed E-state index contributed by atoms with van der Waals surface area (Å²) < 4.78 is 1.47. The van der Waals surface area contributed by atoms with Crippen LogP contribution in [0.25, 0.3) is 5.82 Å². The van der Waals surface area contributed by atoms with E-state index >= 15 is 0 Å². The second-order valence-electron chi connectivity index (χ2n) is 5.10. The Morgan fingerprint density at radius 3 is 2.91 bits per heavy atom. The monoisotopic (exact) mass is 323 g/mol. The van der Waals surface area contributed by atoms with E-state index in [0.29, 0.717) is 16.7 Å². The van der Waals surface area contributed by atoms with Crippen molar-refractivity contribution in [3.63, 3.8) is 0 Å². The van der Waals surface area contributed by atoms with E-state index in [9.17, 15) is 9.90 Å². The lowest BCUT2D eigenvalue weighted by Crippen LogP contribution is -2.37. The summed E-state index contributed by atoms with van der Waals surface area (Å²) in [6, 6.07) is 4.63. The van der Waals surface area contributed by atoms with E-state index in [4.69, 9.17) is 11.6 Å². The molecular formula is C14H18ClN5O2. The van der Waals surface area contributed by atoms with Crippen LogP contribution >= 0.6 is 11.6 Å². The zero-order valence-electron chi connectivity index (χ0n) is 12.3. The second kappa shape index (κ2) is 7.24. The first kappa shape index (κ1) is 16.3. The highest BCUT2D eigenvalue weighted by Gasteiger charge is 2.12. The Kier molecular flexibility index (Phi) is 5.35. The van der Waals surface area contributed by atoms with E-state index in [2.05, 4.69) is 20.7 Å². The molecule has 2 amide bonds. The molecule has 0 saturated carbocycles. The number of hydrogen-bond donors (Lipinski definition) is 3. The molecule has 2 aromatic heterocycles. The van der Waals surface area contributed by atoms with E-state index in [1.165, 1.54) is 4.68 Å². The van der Waals surface area contributed by atoms with Gasteiger partial charge in [-0.1, -0.05) is 25.4 Å². The van der Waals surface area contributed by atoms with Crippen molar-refractivity contribution in [2.24, 2.45) is 5.92 Å². The van der Waals surface area contributed by atoms with Crippen LogP contribution in [-0.2, 0) is 0 Å². The number of carbonyl (C=O) groups is 1. The molecule has 0 saturated heterocycles. The Morgan fingerprint density at radius 1 is 1.45 bits per heavy atom. The zero-order chi connectivity index (χ0) is 16.1. The van der Waals surface area contributed by atoms with Gasteiger partial charge in [-0.15, -0.1) is 5.10 Å². The first-order valence-electron chi connectivity index (χ1n) is 6.87. The van der Waals surface area contributed by atoms with Crippen molar-refractivity contribution in [3.05, 3.63) is 35.6 Å². The molecule has 2 rings (SSSR count). The van der Waals surface area contributed by atoms with E-state index in [-0.39, 0.29) is 12.5 Å². The fourth-order valence-corrected chi connectivity index (χ4v) is 1.86. The maximum atomic E-state index is 11.7. The van der Waals surface area contributed by atoms with Gasteiger partial charge < -0.3 is 10.4 Å². The highest BCUT2D eigenvalue weighted by molar-refractivity contribution is 6.32. The van der Waals surface area contributed by atoms with Gasteiger partial charge in [-0.05, 0) is 18.1 Å². The highest BCUT2D eigenvalue weighted by Crippen LogP contribution is 2.17. The quantitative estimate of drug-likeness (QED) is 0.785. The number of halogens is 1. The lowest BCUT2D eigenvalue weighted by molar-refractivity contribution is 0.126. The molecule has 3 N–H and O–H groups in total. The Hall–Kier alpha value is -2.12. The first-order valence-corrected chi connectivity index (χ1v) is 7.24. The van der Waals surface area contributed by atoms with Crippen LogP contribution in [0.5, 0.6) is 0 Å². The maximum absolute atomic E-state index is 11.7. The number of hydrogen-bond acceptors (Lipinski definition) is 4. The Bertz CT molecular complexity index is 644. The predicted molar refractivity (Wildman–Crippen MR) is 84.2 cm³/mol. The van der Waals surface area contributed by atoms with Gasteiger partial charge >= 0.3 is 6.03 Å². The Balaban J connectivity index is 1.95. The third kappa shape index (κ3) is 4.19. The molecule has 0 spiro atoms. The molecule has 0 bridgehead atoms. The summed E-state index contributed by atoms with van der Waals surface area (Å²) in [4.78, 5) is 15.9. The summed E-state index contributed by atoms with van der Waals surface area (Å²) in [7, 11) is 0. The minimum absolute atomic E-state index is 0.0748. The number of nitrogens with zero attached hydrogens (tertiary/aromatic N) is 3. The minimum atomic E-state index is -0.587. The third-order valence-corrected chi connectivity index (χ3v) is 3.32. The molecule has 2 heterocycles. The number of aromatic nitrogens is 3. The molecular weight excluding hydrogens is 306 g/mol. The fraction of sp³-hybridized carbons (Fsp3) is 0.357. The molecule has 0 aromatic carbocycles. The normalized spacial score (nSPS) is 12.2. The molecule has 1 atom stereocenters. The Morgan fingerprint density at radius 2 is 2.23 bits per heavy atom. The van der Waals surface area contributed by atoms with Gasteiger partial charge in [0.1, 0.15) is 0 Å². The zero-order valence-corrected chi connectivity index (χ0v) is 13.1. The number of amides is 2. The molecule has 0 aliphatic carbocycles. The van der Waals surface area contributed by atoms with Gasteiger partial charge in [0.25, 0.3) is 0 Å². The minimum Gasteiger partial charge on any atom is -0.391 e. The van der Waals surface area contributed by atoms with Crippen LogP contribution in [0.15, 0.2) is 30.6 Å². The molecule has 118 valence electrons.